The van der Waals surface area contributed by atoms with Gasteiger partial charge in [-0.3, -0.25) is 9.59 Å². The molecule has 0 aromatic rings. The molecule has 4 atom stereocenters. The van der Waals surface area contributed by atoms with Crippen LogP contribution in [-0.4, -0.2) is 25.6 Å². The van der Waals surface area contributed by atoms with Crippen molar-refractivity contribution in [2.45, 2.75) is 19.3 Å². The van der Waals surface area contributed by atoms with Crippen LogP contribution < -0.4 is 0 Å². The van der Waals surface area contributed by atoms with E-state index in [9.17, 15) is 18.4 Å². The highest BCUT2D eigenvalue weighted by Crippen LogP contribution is 2.45. The molecule has 19 heavy (non-hydrogen) atoms. The zero-order valence-corrected chi connectivity index (χ0v) is 10.8. The monoisotopic (exact) mass is 282 g/mol. The molecule has 0 saturated carbocycles. The number of allylic oxidation sites excluding steroid dienone is 4. The molecular weight excluding hydrogens is 270 g/mol. The fraction of sp³-hybridized carbons (Fsp3) is 0.500. The molecule has 102 valence electrons. The minimum Gasteiger partial charge on any atom is -0.748 e. The molecular formula is C12H12NO5S-. The number of amides is 2. The van der Waals surface area contributed by atoms with Crippen LogP contribution in [0.1, 0.15) is 19.3 Å². The van der Waals surface area contributed by atoms with E-state index in [2.05, 4.69) is 4.28 Å². The van der Waals surface area contributed by atoms with Crippen molar-refractivity contribution in [1.29, 1.82) is 0 Å². The second-order valence-corrected chi connectivity index (χ2v) is 5.47. The second kappa shape index (κ2) is 4.66. The number of hydrogen-bond acceptors (Lipinski definition) is 5. The van der Waals surface area contributed by atoms with Gasteiger partial charge >= 0.3 is 0 Å². The van der Waals surface area contributed by atoms with E-state index >= 15 is 0 Å². The number of rotatable bonds is 2. The maximum atomic E-state index is 12.2. The summed E-state index contributed by atoms with van der Waals surface area (Å²) in [4.78, 5) is 24.4. The van der Waals surface area contributed by atoms with Gasteiger partial charge in [-0.05, 0) is 24.8 Å². The lowest BCUT2D eigenvalue weighted by Gasteiger charge is -2.44. The van der Waals surface area contributed by atoms with Gasteiger partial charge in [-0.2, -0.15) is 4.28 Å². The van der Waals surface area contributed by atoms with Gasteiger partial charge in [0.1, 0.15) is 11.4 Å². The Morgan fingerprint density at radius 2 is 2.05 bits per heavy atom. The molecule has 2 aliphatic carbocycles. The smallest absolute Gasteiger partial charge is 0.258 e. The summed E-state index contributed by atoms with van der Waals surface area (Å²) in [5.41, 5.74) is 1.01. The Morgan fingerprint density at radius 3 is 2.79 bits per heavy atom. The molecule has 7 heteroatoms. The van der Waals surface area contributed by atoms with Gasteiger partial charge in [0, 0.05) is 11.8 Å². The summed E-state index contributed by atoms with van der Waals surface area (Å²) >= 11 is -2.92. The summed E-state index contributed by atoms with van der Waals surface area (Å²) in [6.07, 6.45) is 7.77. The van der Waals surface area contributed by atoms with Gasteiger partial charge in [-0.1, -0.05) is 18.2 Å². The van der Waals surface area contributed by atoms with Crippen LogP contribution in [0.15, 0.2) is 23.8 Å². The van der Waals surface area contributed by atoms with Gasteiger partial charge in [0.05, 0.1) is 5.92 Å². The fourth-order valence-corrected chi connectivity index (χ4v) is 3.51. The highest BCUT2D eigenvalue weighted by Gasteiger charge is 2.51. The van der Waals surface area contributed by atoms with Crippen LogP contribution in [0.5, 0.6) is 0 Å². The average Bonchev–Trinajstić information content (AvgIpc) is 2.40. The zero-order valence-electron chi connectivity index (χ0n) is 9.98. The van der Waals surface area contributed by atoms with Crippen LogP contribution in [-0.2, 0) is 25.2 Å². The van der Waals surface area contributed by atoms with Gasteiger partial charge < -0.3 is 4.55 Å². The molecule has 1 saturated heterocycles. The SMILES string of the molecule is O=C1C2CC=CC3=CCCC(C(=O)N1OS(=O)[O-])C32. The molecule has 2 amide bonds. The molecule has 4 unspecified atom stereocenters. The average molecular weight is 282 g/mol. The summed E-state index contributed by atoms with van der Waals surface area (Å²) in [5, 5.41) is 0.428. The van der Waals surface area contributed by atoms with E-state index in [0.717, 1.165) is 12.0 Å². The molecule has 3 rings (SSSR count). The maximum absolute atomic E-state index is 12.2. The van der Waals surface area contributed by atoms with Crippen molar-refractivity contribution in [3.63, 3.8) is 0 Å². The van der Waals surface area contributed by atoms with Crippen molar-refractivity contribution in [2.75, 3.05) is 0 Å². The fourth-order valence-electron chi connectivity index (χ4n) is 3.24. The number of imide groups is 1. The number of hydrogen-bond donors (Lipinski definition) is 0. The second-order valence-electron chi connectivity index (χ2n) is 4.91. The third-order valence-corrected chi connectivity index (χ3v) is 4.25. The highest BCUT2D eigenvalue weighted by atomic mass is 32.2. The molecule has 3 aliphatic rings. The predicted molar refractivity (Wildman–Crippen MR) is 63.4 cm³/mol. The quantitative estimate of drug-likeness (QED) is 0.547. The summed E-state index contributed by atoms with van der Waals surface area (Å²) in [6.45, 7) is 0. The molecule has 1 aliphatic heterocycles. The Balaban J connectivity index is 1.99. The summed E-state index contributed by atoms with van der Waals surface area (Å²) < 4.78 is 25.6. The number of piperidine rings is 1. The van der Waals surface area contributed by atoms with E-state index in [0.29, 0.717) is 17.9 Å². The normalized spacial score (nSPS) is 34.9. The lowest BCUT2D eigenvalue weighted by molar-refractivity contribution is -0.187. The Labute approximate surface area is 112 Å². The molecule has 0 bridgehead atoms. The van der Waals surface area contributed by atoms with Crippen molar-refractivity contribution in [3.8, 4) is 0 Å². The number of hydroxylamine groups is 2. The summed E-state index contributed by atoms with van der Waals surface area (Å²) in [6, 6.07) is 0. The number of carbonyl (C=O) groups excluding carboxylic acids is 2. The van der Waals surface area contributed by atoms with Gasteiger partial charge in [-0.15, -0.1) is 5.06 Å². The first kappa shape index (κ1) is 12.7. The van der Waals surface area contributed by atoms with Crippen LogP contribution in [0, 0.1) is 17.8 Å². The molecule has 0 spiro atoms. The van der Waals surface area contributed by atoms with Crippen molar-refractivity contribution < 1.29 is 22.6 Å². The van der Waals surface area contributed by atoms with Gasteiger partial charge in [0.25, 0.3) is 11.8 Å². The largest absolute Gasteiger partial charge is 0.748 e. The first-order chi connectivity index (χ1) is 9.09. The van der Waals surface area contributed by atoms with E-state index in [1.54, 1.807) is 0 Å². The van der Waals surface area contributed by atoms with Crippen LogP contribution >= 0.6 is 0 Å². The highest BCUT2D eigenvalue weighted by molar-refractivity contribution is 7.74. The first-order valence-corrected chi connectivity index (χ1v) is 7.11. The van der Waals surface area contributed by atoms with Crippen molar-refractivity contribution in [2.24, 2.45) is 17.8 Å². The van der Waals surface area contributed by atoms with E-state index in [1.807, 2.05) is 18.2 Å². The number of carbonyl (C=O) groups is 2. The third kappa shape index (κ3) is 1.98. The molecule has 6 nitrogen and oxygen atoms in total. The Hall–Kier alpha value is -1.31. The maximum Gasteiger partial charge on any atom is 0.258 e. The molecule has 0 radical (unpaired) electrons. The van der Waals surface area contributed by atoms with E-state index in [-0.39, 0.29) is 11.8 Å². The molecule has 0 N–H and O–H groups in total. The first-order valence-electron chi connectivity index (χ1n) is 6.11. The lowest BCUT2D eigenvalue weighted by atomic mass is 9.65. The summed E-state index contributed by atoms with van der Waals surface area (Å²) in [7, 11) is 0. The Kier molecular flexibility index (Phi) is 3.12. The van der Waals surface area contributed by atoms with Crippen molar-refractivity contribution >= 4 is 23.2 Å². The molecule has 0 aromatic carbocycles. The van der Waals surface area contributed by atoms with E-state index in [4.69, 9.17) is 0 Å². The minimum atomic E-state index is -2.92. The van der Waals surface area contributed by atoms with Gasteiger partial charge in [0.15, 0.2) is 0 Å². The number of nitrogens with zero attached hydrogens (tertiary/aromatic N) is 1. The zero-order chi connectivity index (χ0) is 13.6. The van der Waals surface area contributed by atoms with Gasteiger partial charge in [0.2, 0.25) is 0 Å². The van der Waals surface area contributed by atoms with E-state index in [1.165, 1.54) is 0 Å². The van der Waals surface area contributed by atoms with Crippen LogP contribution in [0.4, 0.5) is 0 Å². The topological polar surface area (TPSA) is 86.7 Å². The molecule has 0 aromatic heterocycles. The lowest BCUT2D eigenvalue weighted by Crippen LogP contribution is -2.55. The van der Waals surface area contributed by atoms with Crippen LogP contribution in [0.3, 0.4) is 0 Å². The molecule has 1 heterocycles. The van der Waals surface area contributed by atoms with Crippen molar-refractivity contribution in [3.05, 3.63) is 23.8 Å². The van der Waals surface area contributed by atoms with Crippen molar-refractivity contribution in [1.82, 2.24) is 5.06 Å². The van der Waals surface area contributed by atoms with Crippen LogP contribution in [0.2, 0.25) is 0 Å². The standard InChI is InChI=1S/C12H13NO5S/c14-11-8-5-1-3-7-4-2-6-9(10(7)8)12(15)13(11)18-19(16)17/h1,3-4,8-10H,2,5-6H2,(H,16,17)/p-1. The van der Waals surface area contributed by atoms with Crippen LogP contribution in [0.25, 0.3) is 0 Å². The molecule has 1 fully saturated rings. The third-order valence-electron chi connectivity index (χ3n) is 3.98. The van der Waals surface area contributed by atoms with E-state index < -0.39 is 29.1 Å². The predicted octanol–water partition coefficient (Wildman–Crippen LogP) is 0.610. The van der Waals surface area contributed by atoms with Gasteiger partial charge in [-0.25, -0.2) is 4.21 Å². The minimum absolute atomic E-state index is 0.126. The Morgan fingerprint density at radius 1 is 1.32 bits per heavy atom. The summed E-state index contributed by atoms with van der Waals surface area (Å²) in [5.74, 6) is -2.00. The Bertz CT molecular complexity index is 526.